The molecule has 4 rings (SSSR count). The zero-order chi connectivity index (χ0) is 19.6. The summed E-state index contributed by atoms with van der Waals surface area (Å²) in [5, 5.41) is 0. The highest BCUT2D eigenvalue weighted by Gasteiger charge is 2.29. The van der Waals surface area contributed by atoms with Crippen LogP contribution in [0.1, 0.15) is 15.9 Å². The number of sulfonamides is 1. The van der Waals surface area contributed by atoms with Gasteiger partial charge in [0.05, 0.1) is 16.8 Å². The Kier molecular flexibility index (Phi) is 5.06. The summed E-state index contributed by atoms with van der Waals surface area (Å²) in [5.41, 5.74) is 2.69. The average molecular weight is 396 g/mol. The van der Waals surface area contributed by atoms with Gasteiger partial charge in [0.2, 0.25) is 10.0 Å². The average Bonchev–Trinajstić information content (AvgIpc) is 2.73. The van der Waals surface area contributed by atoms with E-state index in [4.69, 9.17) is 0 Å². The largest absolute Gasteiger partial charge is 0.336 e. The molecule has 1 amide bonds. The second kappa shape index (κ2) is 7.65. The van der Waals surface area contributed by atoms with Crippen molar-refractivity contribution in [2.24, 2.45) is 0 Å². The van der Waals surface area contributed by atoms with Gasteiger partial charge < -0.3 is 4.90 Å². The van der Waals surface area contributed by atoms with Crippen molar-refractivity contribution in [1.82, 2.24) is 19.2 Å². The molecule has 3 aromatic rings. The summed E-state index contributed by atoms with van der Waals surface area (Å²) in [4.78, 5) is 22.9. The van der Waals surface area contributed by atoms with E-state index in [0.29, 0.717) is 37.3 Å². The van der Waals surface area contributed by atoms with E-state index in [9.17, 15) is 13.2 Å². The third-order valence-electron chi connectivity index (χ3n) is 4.83. The minimum atomic E-state index is -3.40. The highest BCUT2D eigenvalue weighted by atomic mass is 32.2. The van der Waals surface area contributed by atoms with Crippen LogP contribution in [0.5, 0.6) is 0 Å². The van der Waals surface area contributed by atoms with E-state index in [0.717, 1.165) is 11.1 Å². The van der Waals surface area contributed by atoms with Gasteiger partial charge in [0.15, 0.2) is 0 Å². The van der Waals surface area contributed by atoms with Crippen LogP contribution in [0.4, 0.5) is 0 Å². The molecule has 0 aliphatic carbocycles. The van der Waals surface area contributed by atoms with E-state index in [2.05, 4.69) is 9.97 Å². The van der Waals surface area contributed by atoms with Gasteiger partial charge in [-0.15, -0.1) is 0 Å². The lowest BCUT2D eigenvalue weighted by molar-refractivity contribution is 0.0698. The van der Waals surface area contributed by atoms with E-state index in [1.165, 1.54) is 4.31 Å². The number of hydrogen-bond donors (Lipinski definition) is 0. The van der Waals surface area contributed by atoms with E-state index >= 15 is 0 Å². The molecule has 1 saturated heterocycles. The maximum atomic E-state index is 12.8. The van der Waals surface area contributed by atoms with Crippen molar-refractivity contribution in [1.29, 1.82) is 0 Å². The first-order valence-electron chi connectivity index (χ1n) is 9.05. The lowest BCUT2D eigenvalue weighted by atomic mass is 10.1. The molecule has 1 aliphatic rings. The quantitative estimate of drug-likeness (QED) is 0.673. The fourth-order valence-electron chi connectivity index (χ4n) is 3.32. The Bertz CT molecular complexity index is 1090. The van der Waals surface area contributed by atoms with Gasteiger partial charge in [-0.25, -0.2) is 8.42 Å². The molecule has 0 saturated carbocycles. The van der Waals surface area contributed by atoms with Crippen LogP contribution in [-0.2, 0) is 15.8 Å². The topological polar surface area (TPSA) is 83.5 Å². The van der Waals surface area contributed by atoms with Crippen molar-refractivity contribution in [3.05, 3.63) is 72.1 Å². The van der Waals surface area contributed by atoms with Gasteiger partial charge in [0.1, 0.15) is 0 Å². The van der Waals surface area contributed by atoms with Gasteiger partial charge in [-0.2, -0.15) is 4.31 Å². The molecular weight excluding hydrogens is 376 g/mol. The summed E-state index contributed by atoms with van der Waals surface area (Å²) in [6.45, 7) is 1.33. The number of amides is 1. The lowest BCUT2D eigenvalue weighted by Crippen LogP contribution is -2.50. The van der Waals surface area contributed by atoms with Gasteiger partial charge >= 0.3 is 0 Å². The number of piperazine rings is 1. The van der Waals surface area contributed by atoms with Crippen molar-refractivity contribution in [2.75, 3.05) is 26.2 Å². The highest BCUT2D eigenvalue weighted by molar-refractivity contribution is 7.88. The van der Waals surface area contributed by atoms with Gasteiger partial charge in [0.25, 0.3) is 5.91 Å². The molecule has 0 atom stereocenters. The zero-order valence-electron chi connectivity index (χ0n) is 15.2. The Labute approximate surface area is 163 Å². The lowest BCUT2D eigenvalue weighted by Gasteiger charge is -2.34. The van der Waals surface area contributed by atoms with Gasteiger partial charge in [0, 0.05) is 44.1 Å². The third-order valence-corrected chi connectivity index (χ3v) is 6.68. The predicted octanol–water partition coefficient (Wildman–Crippen LogP) is 1.92. The number of fused-ring (bicyclic) bond motifs is 1. The maximum Gasteiger partial charge on any atom is 0.254 e. The number of rotatable bonds is 4. The monoisotopic (exact) mass is 396 g/mol. The molecule has 7 nitrogen and oxygen atoms in total. The first kappa shape index (κ1) is 18.5. The number of hydrogen-bond acceptors (Lipinski definition) is 5. The van der Waals surface area contributed by atoms with Gasteiger partial charge in [-0.05, 0) is 23.8 Å². The van der Waals surface area contributed by atoms with Crippen molar-refractivity contribution in [3.8, 4) is 0 Å². The normalized spacial score (nSPS) is 15.6. The van der Waals surface area contributed by atoms with Crippen LogP contribution >= 0.6 is 0 Å². The molecule has 1 aromatic heterocycles. The van der Waals surface area contributed by atoms with Gasteiger partial charge in [-0.1, -0.05) is 30.3 Å². The standard InChI is InChI=1S/C20H20N4O3S/c25-20(17-6-7-18-19(14-17)22-9-8-21-18)23-10-12-24(13-11-23)28(26,27)15-16-4-2-1-3-5-16/h1-9,14H,10-13,15H2. The second-order valence-electron chi connectivity index (χ2n) is 6.69. The first-order chi connectivity index (χ1) is 13.5. The molecule has 28 heavy (non-hydrogen) atoms. The molecule has 2 aromatic carbocycles. The Morgan fingerprint density at radius 3 is 2.29 bits per heavy atom. The number of nitrogens with zero attached hydrogens (tertiary/aromatic N) is 4. The zero-order valence-corrected chi connectivity index (χ0v) is 16.0. The Morgan fingerprint density at radius 2 is 1.57 bits per heavy atom. The van der Waals surface area contributed by atoms with E-state index in [1.807, 2.05) is 18.2 Å². The predicted molar refractivity (Wildman–Crippen MR) is 106 cm³/mol. The highest BCUT2D eigenvalue weighted by Crippen LogP contribution is 2.17. The molecule has 1 aliphatic heterocycles. The van der Waals surface area contributed by atoms with Gasteiger partial charge in [-0.3, -0.25) is 14.8 Å². The van der Waals surface area contributed by atoms with E-state index in [-0.39, 0.29) is 11.7 Å². The summed E-state index contributed by atoms with van der Waals surface area (Å²) in [6.07, 6.45) is 3.20. The minimum absolute atomic E-state index is 0.0227. The molecular formula is C20H20N4O3S. The van der Waals surface area contributed by atoms with Crippen LogP contribution in [0, 0.1) is 0 Å². The van der Waals surface area contributed by atoms with Crippen molar-refractivity contribution < 1.29 is 13.2 Å². The summed E-state index contributed by atoms with van der Waals surface area (Å²) >= 11 is 0. The molecule has 0 bridgehead atoms. The van der Waals surface area contributed by atoms with Crippen LogP contribution in [0.3, 0.4) is 0 Å². The fraction of sp³-hybridized carbons (Fsp3) is 0.250. The SMILES string of the molecule is O=C(c1ccc2nccnc2c1)N1CCN(S(=O)(=O)Cc2ccccc2)CC1. The summed E-state index contributed by atoms with van der Waals surface area (Å²) in [5.74, 6) is -0.141. The Balaban J connectivity index is 1.42. The molecule has 0 unspecified atom stereocenters. The maximum absolute atomic E-state index is 12.8. The smallest absolute Gasteiger partial charge is 0.254 e. The molecule has 0 spiro atoms. The van der Waals surface area contributed by atoms with E-state index in [1.54, 1.807) is 47.6 Å². The van der Waals surface area contributed by atoms with Crippen LogP contribution < -0.4 is 0 Å². The first-order valence-corrected chi connectivity index (χ1v) is 10.7. The fourth-order valence-corrected chi connectivity index (χ4v) is 4.84. The summed E-state index contributed by atoms with van der Waals surface area (Å²) < 4.78 is 26.8. The molecule has 1 fully saturated rings. The van der Waals surface area contributed by atoms with Crippen LogP contribution in [0.2, 0.25) is 0 Å². The van der Waals surface area contributed by atoms with Crippen LogP contribution in [0.15, 0.2) is 60.9 Å². The molecule has 0 N–H and O–H groups in total. The second-order valence-corrected chi connectivity index (χ2v) is 8.66. The molecule has 144 valence electrons. The third kappa shape index (κ3) is 3.88. The van der Waals surface area contributed by atoms with Crippen molar-refractivity contribution >= 4 is 27.0 Å². The van der Waals surface area contributed by atoms with Crippen LogP contribution in [0.25, 0.3) is 11.0 Å². The number of benzene rings is 2. The number of aromatic nitrogens is 2. The summed E-state index contributed by atoms with van der Waals surface area (Å²) in [7, 11) is -3.40. The Hall–Kier alpha value is -2.84. The number of carbonyl (C=O) groups excluding carboxylic acids is 1. The minimum Gasteiger partial charge on any atom is -0.336 e. The molecule has 0 radical (unpaired) electrons. The van der Waals surface area contributed by atoms with Crippen molar-refractivity contribution in [3.63, 3.8) is 0 Å². The van der Waals surface area contributed by atoms with E-state index < -0.39 is 10.0 Å². The molecule has 2 heterocycles. The number of carbonyl (C=O) groups is 1. The summed E-state index contributed by atoms with van der Waals surface area (Å²) in [6, 6.07) is 14.4. The van der Waals surface area contributed by atoms with Crippen LogP contribution in [-0.4, -0.2) is 59.7 Å². The Morgan fingerprint density at radius 1 is 0.893 bits per heavy atom. The molecule has 8 heteroatoms. The van der Waals surface area contributed by atoms with Crippen molar-refractivity contribution in [2.45, 2.75) is 5.75 Å².